The van der Waals surface area contributed by atoms with Crippen molar-refractivity contribution in [1.29, 1.82) is 0 Å². The fourth-order valence-corrected chi connectivity index (χ4v) is 2.20. The van der Waals surface area contributed by atoms with E-state index < -0.39 is 0 Å². The van der Waals surface area contributed by atoms with Crippen LogP contribution in [0.5, 0.6) is 5.75 Å². The van der Waals surface area contributed by atoms with Crippen molar-refractivity contribution < 1.29 is 4.74 Å². The molecule has 2 rings (SSSR count). The van der Waals surface area contributed by atoms with E-state index in [0.717, 1.165) is 22.6 Å². The number of anilines is 1. The predicted molar refractivity (Wildman–Crippen MR) is 84.4 cm³/mol. The second kappa shape index (κ2) is 6.44. The van der Waals surface area contributed by atoms with Crippen LogP contribution in [-0.2, 0) is 0 Å². The minimum atomic E-state index is -0.183. The van der Waals surface area contributed by atoms with Gasteiger partial charge in [0.15, 0.2) is 0 Å². The number of nitrogens with zero attached hydrogens (tertiary/aromatic N) is 1. The van der Waals surface area contributed by atoms with Gasteiger partial charge in [-0.25, -0.2) is 0 Å². The molecular formula is C17H22N2O. The number of hydrogen-bond acceptors (Lipinski definition) is 3. The van der Waals surface area contributed by atoms with E-state index in [1.807, 2.05) is 51.4 Å². The van der Waals surface area contributed by atoms with Gasteiger partial charge in [-0.2, -0.15) is 0 Å². The summed E-state index contributed by atoms with van der Waals surface area (Å²) in [5.41, 5.74) is 9.67. The second-order valence-corrected chi connectivity index (χ2v) is 4.94. The lowest BCUT2D eigenvalue weighted by Crippen LogP contribution is -2.15. The summed E-state index contributed by atoms with van der Waals surface area (Å²) in [6, 6.07) is 16.1. The van der Waals surface area contributed by atoms with Gasteiger partial charge in [-0.15, -0.1) is 0 Å². The Bertz CT molecular complexity index is 566. The van der Waals surface area contributed by atoms with E-state index in [4.69, 9.17) is 10.5 Å². The summed E-state index contributed by atoms with van der Waals surface area (Å²) in [4.78, 5) is 2.07. The summed E-state index contributed by atoms with van der Waals surface area (Å²) < 4.78 is 5.67. The number of para-hydroxylation sites is 1. The topological polar surface area (TPSA) is 38.5 Å². The van der Waals surface area contributed by atoms with Crippen LogP contribution in [0.2, 0.25) is 0 Å². The maximum Gasteiger partial charge on any atom is 0.124 e. The molecule has 0 heterocycles. The van der Waals surface area contributed by atoms with Crippen LogP contribution >= 0.6 is 0 Å². The van der Waals surface area contributed by atoms with Crippen LogP contribution in [0, 0.1) is 0 Å². The Labute approximate surface area is 121 Å². The Morgan fingerprint density at radius 2 is 1.85 bits per heavy atom. The first kappa shape index (κ1) is 14.4. The molecule has 0 saturated heterocycles. The molecular weight excluding hydrogens is 248 g/mol. The molecule has 0 saturated carbocycles. The standard InChI is InChI=1S/C17H22N2O/c1-4-20-16-11-6-5-10-15(16)17(18)13-8-7-9-14(12-13)19(2)3/h5-12,17H,4,18H2,1-3H3. The molecule has 20 heavy (non-hydrogen) atoms. The van der Waals surface area contributed by atoms with E-state index in [1.54, 1.807) is 0 Å². The van der Waals surface area contributed by atoms with Crippen LogP contribution in [0.4, 0.5) is 5.69 Å². The smallest absolute Gasteiger partial charge is 0.124 e. The molecule has 2 N–H and O–H groups in total. The van der Waals surface area contributed by atoms with Crippen molar-refractivity contribution in [2.45, 2.75) is 13.0 Å². The Balaban J connectivity index is 2.36. The van der Waals surface area contributed by atoms with E-state index >= 15 is 0 Å². The van der Waals surface area contributed by atoms with Gasteiger partial charge >= 0.3 is 0 Å². The molecule has 0 aliphatic rings. The molecule has 1 atom stereocenters. The van der Waals surface area contributed by atoms with Crippen molar-refractivity contribution >= 4 is 5.69 Å². The molecule has 0 aliphatic heterocycles. The molecule has 0 radical (unpaired) electrons. The van der Waals surface area contributed by atoms with Gasteiger partial charge in [0.25, 0.3) is 0 Å². The molecule has 2 aromatic carbocycles. The van der Waals surface area contributed by atoms with E-state index in [9.17, 15) is 0 Å². The molecule has 2 aromatic rings. The average molecular weight is 270 g/mol. The molecule has 3 nitrogen and oxygen atoms in total. The van der Waals surface area contributed by atoms with Gasteiger partial charge in [0.2, 0.25) is 0 Å². The number of ether oxygens (including phenoxy) is 1. The Hall–Kier alpha value is -2.00. The Kier molecular flexibility index (Phi) is 4.64. The van der Waals surface area contributed by atoms with Gasteiger partial charge < -0.3 is 15.4 Å². The normalized spacial score (nSPS) is 12.0. The largest absolute Gasteiger partial charge is 0.494 e. The Morgan fingerprint density at radius 1 is 1.10 bits per heavy atom. The second-order valence-electron chi connectivity index (χ2n) is 4.94. The van der Waals surface area contributed by atoms with E-state index in [1.165, 1.54) is 0 Å². The third-order valence-corrected chi connectivity index (χ3v) is 3.30. The fourth-order valence-electron chi connectivity index (χ4n) is 2.20. The minimum absolute atomic E-state index is 0.183. The quantitative estimate of drug-likeness (QED) is 0.906. The zero-order valence-corrected chi connectivity index (χ0v) is 12.3. The van der Waals surface area contributed by atoms with Gasteiger partial charge in [-0.1, -0.05) is 30.3 Å². The van der Waals surface area contributed by atoms with Crippen LogP contribution in [-0.4, -0.2) is 20.7 Å². The summed E-state index contributed by atoms with van der Waals surface area (Å²) >= 11 is 0. The summed E-state index contributed by atoms with van der Waals surface area (Å²) in [6.07, 6.45) is 0. The van der Waals surface area contributed by atoms with Crippen molar-refractivity contribution in [3.8, 4) is 5.75 Å². The van der Waals surface area contributed by atoms with Crippen molar-refractivity contribution in [2.75, 3.05) is 25.6 Å². The molecule has 0 spiro atoms. The average Bonchev–Trinajstić information content (AvgIpc) is 2.47. The Morgan fingerprint density at radius 3 is 2.55 bits per heavy atom. The SMILES string of the molecule is CCOc1ccccc1C(N)c1cccc(N(C)C)c1. The lowest BCUT2D eigenvalue weighted by molar-refractivity contribution is 0.335. The number of benzene rings is 2. The van der Waals surface area contributed by atoms with Gasteiger partial charge in [0, 0.05) is 25.3 Å². The van der Waals surface area contributed by atoms with E-state index in [-0.39, 0.29) is 6.04 Å². The van der Waals surface area contributed by atoms with Crippen LogP contribution in [0.3, 0.4) is 0 Å². The summed E-state index contributed by atoms with van der Waals surface area (Å²) in [7, 11) is 4.05. The maximum atomic E-state index is 6.42. The molecule has 0 aliphatic carbocycles. The van der Waals surface area contributed by atoms with Crippen molar-refractivity contribution in [2.24, 2.45) is 5.73 Å². The van der Waals surface area contributed by atoms with Crippen molar-refractivity contribution in [3.63, 3.8) is 0 Å². The van der Waals surface area contributed by atoms with Crippen LogP contribution in [0.25, 0.3) is 0 Å². The highest BCUT2D eigenvalue weighted by atomic mass is 16.5. The summed E-state index contributed by atoms with van der Waals surface area (Å²) in [6.45, 7) is 2.62. The fraction of sp³-hybridized carbons (Fsp3) is 0.294. The lowest BCUT2D eigenvalue weighted by atomic mass is 9.98. The summed E-state index contributed by atoms with van der Waals surface area (Å²) in [5, 5.41) is 0. The first-order valence-corrected chi connectivity index (χ1v) is 6.88. The van der Waals surface area contributed by atoms with Crippen molar-refractivity contribution in [1.82, 2.24) is 0 Å². The third-order valence-electron chi connectivity index (χ3n) is 3.30. The first-order valence-electron chi connectivity index (χ1n) is 6.88. The molecule has 0 fully saturated rings. The third kappa shape index (κ3) is 3.11. The minimum Gasteiger partial charge on any atom is -0.494 e. The van der Waals surface area contributed by atoms with Gasteiger partial charge in [-0.05, 0) is 30.7 Å². The summed E-state index contributed by atoms with van der Waals surface area (Å²) in [5.74, 6) is 0.859. The van der Waals surface area contributed by atoms with Crippen molar-refractivity contribution in [3.05, 3.63) is 59.7 Å². The highest BCUT2D eigenvalue weighted by Gasteiger charge is 2.14. The van der Waals surface area contributed by atoms with Crippen LogP contribution in [0.1, 0.15) is 24.1 Å². The maximum absolute atomic E-state index is 6.42. The molecule has 3 heteroatoms. The van der Waals surface area contributed by atoms with E-state index in [0.29, 0.717) is 6.61 Å². The van der Waals surface area contributed by atoms with E-state index in [2.05, 4.69) is 23.1 Å². The van der Waals surface area contributed by atoms with Gasteiger partial charge in [0.05, 0.1) is 12.6 Å². The number of hydrogen-bond donors (Lipinski definition) is 1. The molecule has 1 unspecified atom stereocenters. The first-order chi connectivity index (χ1) is 9.63. The molecule has 0 amide bonds. The molecule has 106 valence electrons. The van der Waals surface area contributed by atoms with Gasteiger partial charge in [-0.3, -0.25) is 0 Å². The van der Waals surface area contributed by atoms with Crippen LogP contribution in [0.15, 0.2) is 48.5 Å². The zero-order chi connectivity index (χ0) is 14.5. The van der Waals surface area contributed by atoms with Crippen LogP contribution < -0.4 is 15.4 Å². The monoisotopic (exact) mass is 270 g/mol. The zero-order valence-electron chi connectivity index (χ0n) is 12.3. The van der Waals surface area contributed by atoms with Gasteiger partial charge in [0.1, 0.15) is 5.75 Å². The number of nitrogens with two attached hydrogens (primary N) is 1. The highest BCUT2D eigenvalue weighted by molar-refractivity contribution is 5.50. The predicted octanol–water partition coefficient (Wildman–Crippen LogP) is 3.20. The molecule has 0 bridgehead atoms. The number of rotatable bonds is 5. The molecule has 0 aromatic heterocycles. The lowest BCUT2D eigenvalue weighted by Gasteiger charge is -2.19. The highest BCUT2D eigenvalue weighted by Crippen LogP contribution is 2.29.